The molecule has 29 heavy (non-hydrogen) atoms. The summed E-state index contributed by atoms with van der Waals surface area (Å²) in [6.07, 6.45) is 5.97. The molecule has 0 radical (unpaired) electrons. The van der Waals surface area contributed by atoms with Crippen molar-refractivity contribution in [2.24, 2.45) is 11.8 Å². The molecule has 7 nitrogen and oxygen atoms in total. The van der Waals surface area contributed by atoms with Crippen LogP contribution in [0, 0.1) is 11.8 Å². The zero-order chi connectivity index (χ0) is 20.0. The SMILES string of the molecule is O=C1[C@H]2CCCC[C@H]2C(=O)N1C[NH+](Cc1nnc(-c2ccc(Cl)cc2)o1)C1CC1. The number of likely N-dealkylation sites (tertiary alicyclic amines) is 1. The van der Waals surface area contributed by atoms with E-state index in [4.69, 9.17) is 16.0 Å². The van der Waals surface area contributed by atoms with E-state index in [2.05, 4.69) is 10.2 Å². The van der Waals surface area contributed by atoms with Crippen molar-refractivity contribution < 1.29 is 18.9 Å². The summed E-state index contributed by atoms with van der Waals surface area (Å²) >= 11 is 5.94. The third-order valence-electron chi connectivity index (χ3n) is 6.38. The van der Waals surface area contributed by atoms with Crippen molar-refractivity contribution >= 4 is 23.4 Å². The highest BCUT2D eigenvalue weighted by molar-refractivity contribution is 6.30. The van der Waals surface area contributed by atoms with Gasteiger partial charge in [-0.2, -0.15) is 0 Å². The number of benzene rings is 1. The molecule has 2 aliphatic carbocycles. The highest BCUT2D eigenvalue weighted by Gasteiger charge is 2.50. The highest BCUT2D eigenvalue weighted by Crippen LogP contribution is 2.37. The summed E-state index contributed by atoms with van der Waals surface area (Å²) in [5.41, 5.74) is 0.815. The molecule has 1 aliphatic heterocycles. The van der Waals surface area contributed by atoms with Crippen LogP contribution in [0.1, 0.15) is 44.4 Å². The van der Waals surface area contributed by atoms with E-state index in [0.717, 1.165) is 49.0 Å². The Morgan fingerprint density at radius 1 is 1.00 bits per heavy atom. The molecule has 0 spiro atoms. The van der Waals surface area contributed by atoms with Crippen LogP contribution in [0.5, 0.6) is 0 Å². The summed E-state index contributed by atoms with van der Waals surface area (Å²) in [6.45, 7) is 0.908. The predicted octanol–water partition coefficient (Wildman–Crippen LogP) is 2.07. The topological polar surface area (TPSA) is 80.7 Å². The molecule has 3 atom stereocenters. The molecule has 0 bridgehead atoms. The fourth-order valence-corrected chi connectivity index (χ4v) is 4.77. The minimum atomic E-state index is -0.100. The molecule has 1 saturated heterocycles. The van der Waals surface area contributed by atoms with Crippen molar-refractivity contribution in [3.63, 3.8) is 0 Å². The predicted molar refractivity (Wildman–Crippen MR) is 105 cm³/mol. The molecule has 8 heteroatoms. The Labute approximate surface area is 174 Å². The van der Waals surface area contributed by atoms with Crippen LogP contribution in [-0.2, 0) is 16.1 Å². The standard InChI is InChI=1S/C21H23ClN4O3/c22-14-7-5-13(6-8-14)19-24-23-18(29-19)11-25(15-9-10-15)12-26-20(27)16-3-1-2-4-17(16)21(26)28/h5-8,15-17H,1-4,9-12H2/p+1/t16-,17+. The summed E-state index contributed by atoms with van der Waals surface area (Å²) in [6, 6.07) is 7.69. The first-order chi connectivity index (χ1) is 14.1. The van der Waals surface area contributed by atoms with E-state index in [1.165, 1.54) is 4.90 Å². The van der Waals surface area contributed by atoms with Crippen LogP contribution in [0.4, 0.5) is 0 Å². The van der Waals surface area contributed by atoms with Crippen molar-refractivity contribution in [3.8, 4) is 11.5 Å². The van der Waals surface area contributed by atoms with Gasteiger partial charge >= 0.3 is 0 Å². The first-order valence-corrected chi connectivity index (χ1v) is 10.8. The number of carbonyl (C=O) groups excluding carboxylic acids is 2. The van der Waals surface area contributed by atoms with Crippen molar-refractivity contribution in [2.75, 3.05) is 6.67 Å². The Morgan fingerprint density at radius 2 is 1.66 bits per heavy atom. The Hall–Kier alpha value is -2.25. The first-order valence-electron chi connectivity index (χ1n) is 10.4. The average Bonchev–Trinajstić information content (AvgIpc) is 3.44. The lowest BCUT2D eigenvalue weighted by Gasteiger charge is -2.23. The van der Waals surface area contributed by atoms with Gasteiger partial charge in [-0.25, -0.2) is 4.90 Å². The van der Waals surface area contributed by atoms with Crippen LogP contribution >= 0.6 is 11.6 Å². The van der Waals surface area contributed by atoms with Gasteiger partial charge in [-0.15, -0.1) is 10.2 Å². The number of fused-ring (bicyclic) bond motifs is 1. The van der Waals surface area contributed by atoms with Crippen molar-refractivity contribution in [2.45, 2.75) is 51.1 Å². The van der Waals surface area contributed by atoms with E-state index >= 15 is 0 Å². The summed E-state index contributed by atoms with van der Waals surface area (Å²) in [4.78, 5) is 28.3. The fraction of sp³-hybridized carbons (Fsp3) is 0.524. The molecule has 1 aromatic carbocycles. The second-order valence-electron chi connectivity index (χ2n) is 8.38. The Kier molecular flexibility index (Phi) is 4.87. The Balaban J connectivity index is 1.30. The van der Waals surface area contributed by atoms with E-state index in [1.54, 1.807) is 12.1 Å². The normalized spacial score (nSPS) is 25.3. The van der Waals surface area contributed by atoms with Gasteiger partial charge in [0.25, 0.3) is 5.89 Å². The number of carbonyl (C=O) groups is 2. The summed E-state index contributed by atoms with van der Waals surface area (Å²) in [5, 5.41) is 8.99. The molecule has 2 amide bonds. The van der Waals surface area contributed by atoms with Gasteiger partial charge in [0.2, 0.25) is 17.7 Å². The van der Waals surface area contributed by atoms with Crippen LogP contribution in [0.25, 0.3) is 11.5 Å². The van der Waals surface area contributed by atoms with E-state index < -0.39 is 0 Å². The molecule has 5 rings (SSSR count). The Morgan fingerprint density at radius 3 is 2.28 bits per heavy atom. The summed E-state index contributed by atoms with van der Waals surface area (Å²) in [5.74, 6) is 0.809. The van der Waals surface area contributed by atoms with E-state index in [9.17, 15) is 9.59 Å². The third kappa shape index (κ3) is 3.69. The van der Waals surface area contributed by atoms with Crippen molar-refractivity contribution in [3.05, 3.63) is 35.2 Å². The van der Waals surface area contributed by atoms with Crippen LogP contribution < -0.4 is 4.90 Å². The average molecular weight is 416 g/mol. The lowest BCUT2D eigenvalue weighted by atomic mass is 9.81. The maximum absolute atomic E-state index is 12.8. The maximum Gasteiger partial charge on any atom is 0.271 e. The zero-order valence-electron chi connectivity index (χ0n) is 16.1. The number of halogens is 1. The molecule has 2 heterocycles. The number of hydrogen-bond donors (Lipinski definition) is 1. The minimum Gasteiger partial charge on any atom is -0.415 e. The number of rotatable bonds is 6. The molecular weight excluding hydrogens is 392 g/mol. The number of nitrogens with zero attached hydrogens (tertiary/aromatic N) is 3. The lowest BCUT2D eigenvalue weighted by molar-refractivity contribution is -0.933. The third-order valence-corrected chi connectivity index (χ3v) is 6.64. The van der Waals surface area contributed by atoms with Gasteiger partial charge in [-0.05, 0) is 37.1 Å². The molecule has 1 N–H and O–H groups in total. The molecular formula is C21H24ClN4O3+. The molecule has 3 fully saturated rings. The molecule has 152 valence electrons. The molecule has 1 unspecified atom stereocenters. The number of quaternary nitrogens is 1. The van der Waals surface area contributed by atoms with Gasteiger partial charge in [0.1, 0.15) is 0 Å². The van der Waals surface area contributed by atoms with Crippen molar-refractivity contribution in [1.29, 1.82) is 0 Å². The number of aromatic nitrogens is 2. The van der Waals surface area contributed by atoms with Crippen molar-refractivity contribution in [1.82, 2.24) is 15.1 Å². The molecule has 2 saturated carbocycles. The first kappa shape index (κ1) is 18.8. The van der Waals surface area contributed by atoms with Crippen LogP contribution in [0.2, 0.25) is 5.02 Å². The van der Waals surface area contributed by atoms with Gasteiger partial charge in [0, 0.05) is 23.4 Å². The number of nitrogens with one attached hydrogen (secondary N) is 1. The van der Waals surface area contributed by atoms with E-state index in [1.807, 2.05) is 12.1 Å². The molecule has 3 aliphatic rings. The quantitative estimate of drug-likeness (QED) is 0.730. The van der Waals surface area contributed by atoms with Gasteiger partial charge < -0.3 is 9.32 Å². The van der Waals surface area contributed by atoms with E-state index in [-0.39, 0.29) is 23.7 Å². The minimum absolute atomic E-state index is 0.0187. The lowest BCUT2D eigenvalue weighted by Crippen LogP contribution is -3.13. The summed E-state index contributed by atoms with van der Waals surface area (Å²) in [7, 11) is 0. The number of imide groups is 1. The monoisotopic (exact) mass is 415 g/mol. The van der Waals surface area contributed by atoms with Gasteiger partial charge in [-0.1, -0.05) is 24.4 Å². The molecule has 1 aromatic heterocycles. The Bertz CT molecular complexity index is 900. The summed E-state index contributed by atoms with van der Waals surface area (Å²) < 4.78 is 5.86. The van der Waals surface area contributed by atoms with Crippen LogP contribution in [-0.4, -0.2) is 39.6 Å². The maximum atomic E-state index is 12.8. The largest absolute Gasteiger partial charge is 0.415 e. The van der Waals surface area contributed by atoms with E-state index in [0.29, 0.717) is 36.1 Å². The number of amides is 2. The fourth-order valence-electron chi connectivity index (χ4n) is 4.64. The molecule has 2 aromatic rings. The van der Waals surface area contributed by atoms with Crippen LogP contribution in [0.15, 0.2) is 28.7 Å². The second kappa shape index (κ2) is 7.54. The second-order valence-corrected chi connectivity index (χ2v) is 8.81. The van der Waals surface area contributed by atoms with Gasteiger partial charge in [-0.3, -0.25) is 9.59 Å². The van der Waals surface area contributed by atoms with Gasteiger partial charge in [0.15, 0.2) is 13.2 Å². The number of hydrogen-bond acceptors (Lipinski definition) is 5. The zero-order valence-corrected chi connectivity index (χ0v) is 16.9. The van der Waals surface area contributed by atoms with Gasteiger partial charge in [0.05, 0.1) is 17.9 Å². The van der Waals surface area contributed by atoms with Crippen LogP contribution in [0.3, 0.4) is 0 Å². The highest BCUT2D eigenvalue weighted by atomic mass is 35.5. The smallest absolute Gasteiger partial charge is 0.271 e.